The normalized spacial score (nSPS) is 15.9. The van der Waals surface area contributed by atoms with Gasteiger partial charge in [-0.25, -0.2) is 17.5 Å². The first-order chi connectivity index (χ1) is 15.4. The number of nitrogens with one attached hydrogen (secondary N) is 2. The van der Waals surface area contributed by atoms with E-state index in [2.05, 4.69) is 10.0 Å². The van der Waals surface area contributed by atoms with E-state index in [1.807, 2.05) is 0 Å². The number of benzene rings is 2. The van der Waals surface area contributed by atoms with Crippen molar-refractivity contribution in [2.24, 2.45) is 0 Å². The van der Waals surface area contributed by atoms with Gasteiger partial charge in [-0.15, -0.1) is 0 Å². The number of hydrogen-bond donors (Lipinski definition) is 2. The molecular weight excluding hydrogens is 453 g/mol. The predicted octanol–water partition coefficient (Wildman–Crippen LogP) is 2.19. The average molecular weight is 478 g/mol. The Labute approximate surface area is 191 Å². The summed E-state index contributed by atoms with van der Waals surface area (Å²) >= 11 is 0. The fourth-order valence-corrected chi connectivity index (χ4v) is 4.35. The van der Waals surface area contributed by atoms with Crippen molar-refractivity contribution in [1.82, 2.24) is 4.72 Å². The maximum absolute atomic E-state index is 13.1. The Hall–Kier alpha value is -3.31. The minimum atomic E-state index is -3.93. The van der Waals surface area contributed by atoms with Crippen LogP contribution in [0.1, 0.15) is 27.2 Å². The van der Waals surface area contributed by atoms with E-state index in [-0.39, 0.29) is 23.8 Å². The molecule has 0 aromatic heterocycles. The Balaban J connectivity index is 1.62. The Morgan fingerprint density at radius 2 is 1.79 bits per heavy atom. The number of esters is 1. The van der Waals surface area contributed by atoms with E-state index >= 15 is 0 Å². The van der Waals surface area contributed by atoms with E-state index < -0.39 is 39.4 Å². The van der Waals surface area contributed by atoms with Gasteiger partial charge >= 0.3 is 5.97 Å². The summed E-state index contributed by atoms with van der Waals surface area (Å²) in [5.41, 5.74) is -0.289. The molecule has 1 atom stereocenters. The molecular formula is C22H24FN3O6S. The first kappa shape index (κ1) is 24.3. The molecule has 1 aliphatic rings. The second-order valence-electron chi connectivity index (χ2n) is 7.94. The molecule has 0 spiro atoms. The van der Waals surface area contributed by atoms with Crippen molar-refractivity contribution in [1.29, 1.82) is 0 Å². The first-order valence-corrected chi connectivity index (χ1v) is 11.6. The summed E-state index contributed by atoms with van der Waals surface area (Å²) in [5, 5.41) is 2.75. The SMILES string of the molecule is CC(OC(=O)CCNS(=O)(=O)c1ccc(F)cc1)C(=O)N1c2ccccc2NC(=O)C1(C)C. The Bertz CT molecular complexity index is 1180. The maximum Gasteiger partial charge on any atom is 0.307 e. The van der Waals surface area contributed by atoms with Crippen LogP contribution in [0.5, 0.6) is 0 Å². The van der Waals surface area contributed by atoms with Crippen molar-refractivity contribution >= 4 is 39.2 Å². The van der Waals surface area contributed by atoms with E-state index in [0.29, 0.717) is 11.4 Å². The van der Waals surface area contributed by atoms with E-state index in [9.17, 15) is 27.2 Å². The van der Waals surface area contributed by atoms with Gasteiger partial charge in [0.05, 0.1) is 22.7 Å². The van der Waals surface area contributed by atoms with Gasteiger partial charge in [0.2, 0.25) is 15.9 Å². The van der Waals surface area contributed by atoms with Gasteiger partial charge in [-0.2, -0.15) is 0 Å². The van der Waals surface area contributed by atoms with E-state index in [1.165, 1.54) is 11.8 Å². The van der Waals surface area contributed by atoms with Crippen LogP contribution in [0, 0.1) is 5.82 Å². The number of anilines is 2. The van der Waals surface area contributed by atoms with Crippen LogP contribution in [0.25, 0.3) is 0 Å². The van der Waals surface area contributed by atoms with Gasteiger partial charge < -0.3 is 10.1 Å². The van der Waals surface area contributed by atoms with Crippen LogP contribution in [0.4, 0.5) is 15.8 Å². The molecule has 9 nitrogen and oxygen atoms in total. The lowest BCUT2D eigenvalue weighted by atomic mass is 9.95. The van der Waals surface area contributed by atoms with Crippen LogP contribution in [0.2, 0.25) is 0 Å². The first-order valence-electron chi connectivity index (χ1n) is 10.1. The number of fused-ring (bicyclic) bond motifs is 1. The summed E-state index contributed by atoms with van der Waals surface area (Å²) in [7, 11) is -3.93. The highest BCUT2D eigenvalue weighted by Gasteiger charge is 2.45. The van der Waals surface area contributed by atoms with E-state index in [4.69, 9.17) is 4.74 Å². The molecule has 0 saturated heterocycles. The molecule has 2 N–H and O–H groups in total. The van der Waals surface area contributed by atoms with Gasteiger partial charge in [-0.1, -0.05) is 12.1 Å². The molecule has 33 heavy (non-hydrogen) atoms. The highest BCUT2D eigenvalue weighted by Crippen LogP contribution is 2.37. The zero-order valence-electron chi connectivity index (χ0n) is 18.3. The van der Waals surface area contributed by atoms with Crippen molar-refractivity contribution in [2.45, 2.75) is 43.7 Å². The number of sulfonamides is 1. The molecule has 1 heterocycles. The maximum atomic E-state index is 13.1. The van der Waals surface area contributed by atoms with Gasteiger partial charge in [-0.3, -0.25) is 19.3 Å². The second-order valence-corrected chi connectivity index (χ2v) is 9.70. The Morgan fingerprint density at radius 3 is 2.45 bits per heavy atom. The molecule has 1 aliphatic heterocycles. The molecule has 2 aromatic carbocycles. The number of carbonyl (C=O) groups excluding carboxylic acids is 3. The van der Waals surface area contributed by atoms with Crippen LogP contribution in [0.15, 0.2) is 53.4 Å². The van der Waals surface area contributed by atoms with E-state index in [0.717, 1.165) is 24.3 Å². The minimum absolute atomic E-state index is 0.148. The number of nitrogens with zero attached hydrogens (tertiary/aromatic N) is 1. The number of hydrogen-bond acceptors (Lipinski definition) is 6. The lowest BCUT2D eigenvalue weighted by molar-refractivity contribution is -0.154. The number of carbonyl (C=O) groups is 3. The number of ether oxygens (including phenoxy) is 1. The zero-order chi connectivity index (χ0) is 24.4. The third-order valence-electron chi connectivity index (χ3n) is 5.13. The summed E-state index contributed by atoms with van der Waals surface area (Å²) in [6.07, 6.45) is -1.55. The molecule has 2 amide bonds. The molecule has 0 radical (unpaired) electrons. The van der Waals surface area contributed by atoms with Gasteiger partial charge in [0.1, 0.15) is 11.4 Å². The average Bonchev–Trinajstić information content (AvgIpc) is 2.74. The molecule has 0 bridgehead atoms. The molecule has 0 saturated carbocycles. The molecule has 11 heteroatoms. The van der Waals surface area contributed by atoms with Crippen LogP contribution >= 0.6 is 0 Å². The highest BCUT2D eigenvalue weighted by atomic mass is 32.2. The highest BCUT2D eigenvalue weighted by molar-refractivity contribution is 7.89. The standard InChI is InChI=1S/C22H24FN3O6S/c1-14(20(28)26-18-7-5-4-6-17(18)25-21(29)22(26,2)3)32-19(27)12-13-24-33(30,31)16-10-8-15(23)9-11-16/h4-11,14,24H,12-13H2,1-3H3,(H,25,29). The van der Waals surface area contributed by atoms with Crippen molar-refractivity contribution in [3.63, 3.8) is 0 Å². The number of para-hydroxylation sites is 2. The molecule has 3 rings (SSSR count). The summed E-state index contributed by atoms with van der Waals surface area (Å²) in [4.78, 5) is 39.0. The quantitative estimate of drug-likeness (QED) is 0.590. The van der Waals surface area contributed by atoms with Crippen LogP contribution in [0.3, 0.4) is 0 Å². The molecule has 0 aliphatic carbocycles. The van der Waals surface area contributed by atoms with Gasteiger partial charge in [-0.05, 0) is 57.2 Å². The molecule has 1 unspecified atom stereocenters. The number of amides is 2. The second kappa shape index (κ2) is 9.28. The van der Waals surface area contributed by atoms with Crippen molar-refractivity contribution in [3.05, 3.63) is 54.3 Å². The summed E-state index contributed by atoms with van der Waals surface area (Å²) in [5.74, 6) is -2.36. The number of halogens is 1. The van der Waals surface area contributed by atoms with E-state index in [1.54, 1.807) is 38.1 Å². The fourth-order valence-electron chi connectivity index (χ4n) is 3.32. The van der Waals surface area contributed by atoms with Crippen LogP contribution < -0.4 is 14.9 Å². The van der Waals surface area contributed by atoms with Crippen LogP contribution in [-0.2, 0) is 29.1 Å². The Kier molecular flexibility index (Phi) is 6.84. The van der Waals surface area contributed by atoms with Crippen molar-refractivity contribution in [2.75, 3.05) is 16.8 Å². The third-order valence-corrected chi connectivity index (χ3v) is 6.61. The largest absolute Gasteiger partial charge is 0.452 e. The fraction of sp³-hybridized carbons (Fsp3) is 0.318. The molecule has 0 fully saturated rings. The molecule has 2 aromatic rings. The summed E-state index contributed by atoms with van der Waals surface area (Å²) in [6, 6.07) is 11.0. The Morgan fingerprint density at radius 1 is 1.15 bits per heavy atom. The van der Waals surface area contributed by atoms with Crippen molar-refractivity contribution in [3.8, 4) is 0 Å². The summed E-state index contributed by atoms with van der Waals surface area (Å²) < 4.78 is 44.8. The predicted molar refractivity (Wildman–Crippen MR) is 118 cm³/mol. The molecule has 176 valence electrons. The zero-order valence-corrected chi connectivity index (χ0v) is 19.1. The summed E-state index contributed by atoms with van der Waals surface area (Å²) in [6.45, 7) is 4.26. The monoisotopic (exact) mass is 477 g/mol. The van der Waals surface area contributed by atoms with Gasteiger partial charge in [0, 0.05) is 6.54 Å². The van der Waals surface area contributed by atoms with Crippen LogP contribution in [-0.4, -0.2) is 44.4 Å². The van der Waals surface area contributed by atoms with Gasteiger partial charge in [0.15, 0.2) is 6.10 Å². The lowest BCUT2D eigenvalue weighted by Gasteiger charge is -2.42. The van der Waals surface area contributed by atoms with Crippen molar-refractivity contribution < 1.29 is 31.9 Å². The van der Waals surface area contributed by atoms with Gasteiger partial charge in [0.25, 0.3) is 5.91 Å². The topological polar surface area (TPSA) is 122 Å². The lowest BCUT2D eigenvalue weighted by Crippen LogP contribution is -2.60. The smallest absolute Gasteiger partial charge is 0.307 e. The minimum Gasteiger partial charge on any atom is -0.452 e. The number of rotatable bonds is 7. The third kappa shape index (κ3) is 5.20.